The minimum atomic E-state index is 0.546. The molecule has 12 heavy (non-hydrogen) atoms. The van der Waals surface area contributed by atoms with E-state index in [9.17, 15) is 0 Å². The van der Waals surface area contributed by atoms with Gasteiger partial charge in [-0.2, -0.15) is 4.68 Å². The van der Waals surface area contributed by atoms with E-state index in [1.165, 1.54) is 11.0 Å². The zero-order chi connectivity index (χ0) is 8.39. The van der Waals surface area contributed by atoms with Gasteiger partial charge in [-0.15, -0.1) is 5.10 Å². The third-order valence-corrected chi connectivity index (χ3v) is 1.42. The summed E-state index contributed by atoms with van der Waals surface area (Å²) in [6.07, 6.45) is 4.66. The predicted molar refractivity (Wildman–Crippen MR) is 41.4 cm³/mol. The molecule has 2 heterocycles. The molecule has 2 rings (SSSR count). The van der Waals surface area contributed by atoms with Gasteiger partial charge in [0.15, 0.2) is 0 Å². The van der Waals surface area contributed by atoms with Gasteiger partial charge in [-0.05, 0) is 16.5 Å². The second-order valence-corrected chi connectivity index (χ2v) is 2.19. The molecule has 0 fully saturated rings. The highest BCUT2D eigenvalue weighted by atomic mass is 15.5. The van der Waals surface area contributed by atoms with E-state index in [2.05, 4.69) is 20.5 Å². The number of nitrogen functional groups attached to an aromatic ring is 1. The van der Waals surface area contributed by atoms with E-state index in [-0.39, 0.29) is 0 Å². The van der Waals surface area contributed by atoms with Crippen LogP contribution in [0.4, 0.5) is 5.69 Å². The summed E-state index contributed by atoms with van der Waals surface area (Å²) in [5.41, 5.74) is 6.91. The Morgan fingerprint density at radius 1 is 1.42 bits per heavy atom. The van der Waals surface area contributed by atoms with Crippen molar-refractivity contribution in [2.45, 2.75) is 0 Å². The summed E-state index contributed by atoms with van der Waals surface area (Å²) in [6, 6.07) is 1.74. The van der Waals surface area contributed by atoms with Crippen molar-refractivity contribution in [1.82, 2.24) is 25.2 Å². The molecule has 2 N–H and O–H groups in total. The third kappa shape index (κ3) is 0.986. The zero-order valence-corrected chi connectivity index (χ0v) is 6.12. The fourth-order valence-corrected chi connectivity index (χ4v) is 0.880. The van der Waals surface area contributed by atoms with Gasteiger partial charge in [0.25, 0.3) is 0 Å². The second kappa shape index (κ2) is 2.57. The van der Waals surface area contributed by atoms with Crippen LogP contribution in [0.3, 0.4) is 0 Å². The lowest BCUT2D eigenvalue weighted by molar-refractivity contribution is 0.789. The Kier molecular flexibility index (Phi) is 1.44. The first kappa shape index (κ1) is 6.71. The van der Waals surface area contributed by atoms with E-state index >= 15 is 0 Å². The van der Waals surface area contributed by atoms with Crippen molar-refractivity contribution in [3.8, 4) is 5.69 Å². The molecule has 0 unspecified atom stereocenters. The van der Waals surface area contributed by atoms with Gasteiger partial charge in [-0.25, -0.2) is 0 Å². The van der Waals surface area contributed by atoms with Crippen LogP contribution in [0, 0.1) is 0 Å². The van der Waals surface area contributed by atoms with E-state index < -0.39 is 0 Å². The van der Waals surface area contributed by atoms with E-state index in [0.717, 1.165) is 5.69 Å². The van der Waals surface area contributed by atoms with E-state index in [4.69, 9.17) is 5.73 Å². The smallest absolute Gasteiger partial charge is 0.143 e. The minimum absolute atomic E-state index is 0.546. The Morgan fingerprint density at radius 3 is 3.00 bits per heavy atom. The Bertz CT molecular complexity index is 367. The van der Waals surface area contributed by atoms with E-state index in [0.29, 0.717) is 5.69 Å². The molecule has 0 radical (unpaired) electrons. The lowest BCUT2D eigenvalue weighted by Gasteiger charge is -2.00. The molecule has 0 amide bonds. The van der Waals surface area contributed by atoms with Gasteiger partial charge in [-0.1, -0.05) is 0 Å². The fourth-order valence-electron chi connectivity index (χ4n) is 0.880. The van der Waals surface area contributed by atoms with Crippen LogP contribution in [-0.4, -0.2) is 25.2 Å². The molecular formula is C6H6N6. The zero-order valence-electron chi connectivity index (χ0n) is 6.12. The van der Waals surface area contributed by atoms with Crippen LogP contribution in [0.15, 0.2) is 24.8 Å². The Balaban J connectivity index is 2.55. The number of nitrogens with two attached hydrogens (primary N) is 1. The number of hydrogen-bond donors (Lipinski definition) is 1. The summed E-state index contributed by atoms with van der Waals surface area (Å²) < 4.78 is 1.48. The minimum Gasteiger partial charge on any atom is -0.396 e. The molecule has 0 spiro atoms. The molecule has 6 heteroatoms. The van der Waals surface area contributed by atoms with Gasteiger partial charge in [0.05, 0.1) is 17.6 Å². The van der Waals surface area contributed by atoms with Gasteiger partial charge in [0.2, 0.25) is 0 Å². The molecule has 0 saturated heterocycles. The standard InChI is InChI=1S/C6H6N6/c7-5-3-8-2-1-6(5)12-4-9-10-11-12/h1-4H,7H2. The van der Waals surface area contributed by atoms with Gasteiger partial charge < -0.3 is 5.73 Å². The van der Waals surface area contributed by atoms with Crippen molar-refractivity contribution >= 4 is 5.69 Å². The molecule has 0 bridgehead atoms. The number of anilines is 1. The number of aromatic nitrogens is 5. The van der Waals surface area contributed by atoms with Crippen LogP contribution < -0.4 is 5.73 Å². The molecule has 0 aliphatic rings. The summed E-state index contributed by atoms with van der Waals surface area (Å²) in [4.78, 5) is 3.85. The number of pyridine rings is 1. The van der Waals surface area contributed by atoms with Gasteiger partial charge in [-0.3, -0.25) is 4.98 Å². The normalized spacial score (nSPS) is 10.0. The second-order valence-electron chi connectivity index (χ2n) is 2.19. The molecule has 0 aliphatic carbocycles. The van der Waals surface area contributed by atoms with Crippen LogP contribution in [0.25, 0.3) is 5.69 Å². The molecule has 0 saturated carbocycles. The number of tetrazole rings is 1. The van der Waals surface area contributed by atoms with Crippen LogP contribution in [0.5, 0.6) is 0 Å². The first-order valence-corrected chi connectivity index (χ1v) is 3.31. The quantitative estimate of drug-likeness (QED) is 0.619. The summed E-state index contributed by atoms with van der Waals surface area (Å²) in [5, 5.41) is 10.7. The molecule has 60 valence electrons. The molecule has 6 nitrogen and oxygen atoms in total. The lowest BCUT2D eigenvalue weighted by Crippen LogP contribution is -2.00. The van der Waals surface area contributed by atoms with Crippen LogP contribution in [0.2, 0.25) is 0 Å². The van der Waals surface area contributed by atoms with E-state index in [1.54, 1.807) is 18.5 Å². The maximum atomic E-state index is 5.63. The highest BCUT2D eigenvalue weighted by molar-refractivity contribution is 5.54. The lowest BCUT2D eigenvalue weighted by atomic mass is 10.3. The average molecular weight is 162 g/mol. The maximum absolute atomic E-state index is 5.63. The highest BCUT2D eigenvalue weighted by Crippen LogP contribution is 2.11. The van der Waals surface area contributed by atoms with Crippen LogP contribution >= 0.6 is 0 Å². The molecular weight excluding hydrogens is 156 g/mol. The average Bonchev–Trinajstić information content (AvgIpc) is 2.57. The van der Waals surface area contributed by atoms with E-state index in [1.807, 2.05) is 0 Å². The Labute approximate surface area is 68.0 Å². The van der Waals surface area contributed by atoms with Gasteiger partial charge >= 0.3 is 0 Å². The molecule has 0 aliphatic heterocycles. The third-order valence-electron chi connectivity index (χ3n) is 1.42. The molecule has 0 atom stereocenters. The number of nitrogens with zero attached hydrogens (tertiary/aromatic N) is 5. The monoisotopic (exact) mass is 162 g/mol. The van der Waals surface area contributed by atoms with Crippen LogP contribution in [0.1, 0.15) is 0 Å². The summed E-state index contributed by atoms with van der Waals surface area (Å²) in [7, 11) is 0. The Hall–Kier alpha value is -1.98. The Morgan fingerprint density at radius 2 is 2.33 bits per heavy atom. The van der Waals surface area contributed by atoms with Crippen LogP contribution in [-0.2, 0) is 0 Å². The predicted octanol–water partition coefficient (Wildman–Crippen LogP) is -0.361. The largest absolute Gasteiger partial charge is 0.396 e. The molecule has 2 aromatic rings. The highest BCUT2D eigenvalue weighted by Gasteiger charge is 2.00. The maximum Gasteiger partial charge on any atom is 0.143 e. The first-order chi connectivity index (χ1) is 5.88. The number of rotatable bonds is 1. The summed E-state index contributed by atoms with van der Waals surface area (Å²) >= 11 is 0. The SMILES string of the molecule is Nc1cnccc1-n1cnnn1. The first-order valence-electron chi connectivity index (χ1n) is 3.31. The van der Waals surface area contributed by atoms with Crippen molar-refractivity contribution in [2.75, 3.05) is 5.73 Å². The summed E-state index contributed by atoms with van der Waals surface area (Å²) in [6.45, 7) is 0. The molecule has 2 aromatic heterocycles. The number of hydrogen-bond acceptors (Lipinski definition) is 5. The molecule has 0 aromatic carbocycles. The summed E-state index contributed by atoms with van der Waals surface area (Å²) in [5.74, 6) is 0. The van der Waals surface area contributed by atoms with Gasteiger partial charge in [0, 0.05) is 6.20 Å². The van der Waals surface area contributed by atoms with Crippen molar-refractivity contribution in [3.63, 3.8) is 0 Å². The fraction of sp³-hybridized carbons (Fsp3) is 0. The van der Waals surface area contributed by atoms with Crippen molar-refractivity contribution in [2.24, 2.45) is 0 Å². The van der Waals surface area contributed by atoms with Crippen molar-refractivity contribution < 1.29 is 0 Å². The topological polar surface area (TPSA) is 82.5 Å². The van der Waals surface area contributed by atoms with Gasteiger partial charge in [0.1, 0.15) is 6.33 Å². The van der Waals surface area contributed by atoms with Crippen molar-refractivity contribution in [1.29, 1.82) is 0 Å². The van der Waals surface area contributed by atoms with Crippen molar-refractivity contribution in [3.05, 3.63) is 24.8 Å².